The van der Waals surface area contributed by atoms with Crippen molar-refractivity contribution >= 4 is 8.56 Å². The molecule has 4 heteroatoms. The van der Waals surface area contributed by atoms with Crippen molar-refractivity contribution < 1.29 is 8.85 Å². The topological polar surface area (TPSA) is 21.7 Å². The molecule has 0 bridgehead atoms. The van der Waals surface area contributed by atoms with Crippen LogP contribution in [0.4, 0.5) is 0 Å². The molecular formula is C11H25NO2Si. The predicted molar refractivity (Wildman–Crippen MR) is 65.4 cm³/mol. The minimum atomic E-state index is -1.83. The Balaban J connectivity index is 2.42. The molecular weight excluding hydrogens is 206 g/mol. The molecule has 1 aliphatic heterocycles. The molecule has 1 saturated heterocycles. The first-order valence-corrected chi connectivity index (χ1v) is 8.65. The highest BCUT2D eigenvalue weighted by Gasteiger charge is 2.30. The summed E-state index contributed by atoms with van der Waals surface area (Å²) in [6.45, 7) is 8.13. The van der Waals surface area contributed by atoms with Crippen LogP contribution in [0.2, 0.25) is 12.6 Å². The summed E-state index contributed by atoms with van der Waals surface area (Å²) in [5.74, 6) is 0. The molecule has 1 heterocycles. The molecule has 1 fully saturated rings. The lowest BCUT2D eigenvalue weighted by molar-refractivity contribution is 0.154. The molecule has 0 amide bonds. The van der Waals surface area contributed by atoms with Gasteiger partial charge < -0.3 is 13.8 Å². The first-order valence-electron chi connectivity index (χ1n) is 6.13. The number of rotatable bonds is 2. The largest absolute Gasteiger partial charge is 0.395 e. The van der Waals surface area contributed by atoms with Crippen molar-refractivity contribution in [2.45, 2.75) is 38.8 Å². The van der Waals surface area contributed by atoms with Gasteiger partial charge >= 0.3 is 8.56 Å². The SMILES string of the molecule is CCO[Si]1(C)CCCCCN(C)CCO1. The van der Waals surface area contributed by atoms with E-state index in [1.54, 1.807) is 0 Å². The summed E-state index contributed by atoms with van der Waals surface area (Å²) in [5, 5.41) is 0. The Kier molecular flexibility index (Phi) is 5.82. The summed E-state index contributed by atoms with van der Waals surface area (Å²) in [7, 11) is 0.341. The highest BCUT2D eigenvalue weighted by molar-refractivity contribution is 6.66. The lowest BCUT2D eigenvalue weighted by Gasteiger charge is -2.29. The molecule has 1 atom stereocenters. The van der Waals surface area contributed by atoms with Gasteiger partial charge in [0.1, 0.15) is 0 Å². The Bertz CT molecular complexity index is 180. The smallest absolute Gasteiger partial charge is 0.334 e. The van der Waals surface area contributed by atoms with Crippen LogP contribution in [-0.4, -0.2) is 46.8 Å². The molecule has 0 aliphatic carbocycles. The Hall–Kier alpha value is 0.0969. The number of hydrogen-bond acceptors (Lipinski definition) is 3. The van der Waals surface area contributed by atoms with Gasteiger partial charge in [-0.25, -0.2) is 0 Å². The van der Waals surface area contributed by atoms with E-state index >= 15 is 0 Å². The van der Waals surface area contributed by atoms with Crippen LogP contribution >= 0.6 is 0 Å². The monoisotopic (exact) mass is 231 g/mol. The second-order valence-electron chi connectivity index (χ2n) is 4.53. The van der Waals surface area contributed by atoms with E-state index in [0.717, 1.165) is 25.8 Å². The van der Waals surface area contributed by atoms with E-state index in [1.807, 2.05) is 0 Å². The second kappa shape index (κ2) is 6.63. The molecule has 1 unspecified atom stereocenters. The Morgan fingerprint density at radius 1 is 1.27 bits per heavy atom. The van der Waals surface area contributed by atoms with Gasteiger partial charge in [-0.3, -0.25) is 0 Å². The Labute approximate surface area is 95.0 Å². The highest BCUT2D eigenvalue weighted by Crippen LogP contribution is 2.19. The van der Waals surface area contributed by atoms with Gasteiger partial charge in [0.15, 0.2) is 0 Å². The van der Waals surface area contributed by atoms with Crippen LogP contribution in [0.3, 0.4) is 0 Å². The minimum absolute atomic E-state index is 0.790. The average molecular weight is 231 g/mol. The molecule has 0 aromatic carbocycles. The van der Waals surface area contributed by atoms with Gasteiger partial charge in [-0.05, 0) is 39.5 Å². The molecule has 0 spiro atoms. The van der Waals surface area contributed by atoms with Crippen LogP contribution < -0.4 is 0 Å². The van der Waals surface area contributed by atoms with Crippen LogP contribution in [0, 0.1) is 0 Å². The lowest BCUT2D eigenvalue weighted by Crippen LogP contribution is -2.41. The number of nitrogens with zero attached hydrogens (tertiary/aromatic N) is 1. The zero-order valence-corrected chi connectivity index (χ0v) is 11.4. The maximum Gasteiger partial charge on any atom is 0.334 e. The van der Waals surface area contributed by atoms with Crippen LogP contribution in [0.15, 0.2) is 0 Å². The maximum absolute atomic E-state index is 5.99. The highest BCUT2D eigenvalue weighted by atomic mass is 28.4. The van der Waals surface area contributed by atoms with Gasteiger partial charge in [0, 0.05) is 19.8 Å². The van der Waals surface area contributed by atoms with E-state index in [9.17, 15) is 0 Å². The lowest BCUT2D eigenvalue weighted by atomic mass is 10.2. The van der Waals surface area contributed by atoms with E-state index < -0.39 is 8.56 Å². The van der Waals surface area contributed by atoms with Crippen molar-refractivity contribution in [2.75, 3.05) is 33.4 Å². The predicted octanol–water partition coefficient (Wildman–Crippen LogP) is 2.23. The Morgan fingerprint density at radius 2 is 2.07 bits per heavy atom. The number of hydrogen-bond donors (Lipinski definition) is 0. The molecule has 1 rings (SSSR count). The maximum atomic E-state index is 5.99. The Morgan fingerprint density at radius 3 is 2.80 bits per heavy atom. The van der Waals surface area contributed by atoms with E-state index in [2.05, 4.69) is 25.4 Å². The summed E-state index contributed by atoms with van der Waals surface area (Å²) in [4.78, 5) is 2.35. The van der Waals surface area contributed by atoms with E-state index in [-0.39, 0.29) is 0 Å². The summed E-state index contributed by atoms with van der Waals surface area (Å²) >= 11 is 0. The van der Waals surface area contributed by atoms with Crippen molar-refractivity contribution in [1.29, 1.82) is 0 Å². The number of likely N-dealkylation sites (N-methyl/N-ethyl adjacent to an activating group) is 1. The molecule has 0 aromatic rings. The molecule has 0 radical (unpaired) electrons. The fourth-order valence-corrected chi connectivity index (χ4v) is 4.42. The summed E-state index contributed by atoms with van der Waals surface area (Å²) in [6.07, 6.45) is 3.88. The second-order valence-corrected chi connectivity index (χ2v) is 7.87. The first kappa shape index (κ1) is 13.2. The average Bonchev–Trinajstić information content (AvgIpc) is 2.17. The third-order valence-corrected chi connectivity index (χ3v) is 5.98. The van der Waals surface area contributed by atoms with Gasteiger partial charge in [0.25, 0.3) is 0 Å². The van der Waals surface area contributed by atoms with E-state index in [1.165, 1.54) is 25.8 Å². The van der Waals surface area contributed by atoms with Crippen LogP contribution in [0.25, 0.3) is 0 Å². The van der Waals surface area contributed by atoms with Crippen molar-refractivity contribution in [2.24, 2.45) is 0 Å². The standard InChI is InChI=1S/C11H25NO2Si/c1-4-13-15(3)11-7-5-6-8-12(2)9-10-14-15/h4-11H2,1-3H3. The van der Waals surface area contributed by atoms with E-state index in [0.29, 0.717) is 0 Å². The van der Waals surface area contributed by atoms with Gasteiger partial charge in [0.2, 0.25) is 0 Å². The third kappa shape index (κ3) is 5.11. The summed E-state index contributed by atoms with van der Waals surface area (Å²) in [5.41, 5.74) is 0. The molecule has 0 aromatic heterocycles. The van der Waals surface area contributed by atoms with Gasteiger partial charge in [-0.2, -0.15) is 0 Å². The zero-order chi connectivity index (χ0) is 11.1. The van der Waals surface area contributed by atoms with Crippen LogP contribution in [0.5, 0.6) is 0 Å². The van der Waals surface area contributed by atoms with Crippen molar-refractivity contribution in [3.05, 3.63) is 0 Å². The molecule has 3 nitrogen and oxygen atoms in total. The molecule has 0 N–H and O–H groups in total. The molecule has 1 aliphatic rings. The first-order chi connectivity index (χ1) is 7.16. The quantitative estimate of drug-likeness (QED) is 0.680. The molecule has 15 heavy (non-hydrogen) atoms. The summed E-state index contributed by atoms with van der Waals surface area (Å²) in [6, 6.07) is 1.16. The van der Waals surface area contributed by atoms with Gasteiger partial charge in [-0.1, -0.05) is 12.8 Å². The van der Waals surface area contributed by atoms with Crippen molar-refractivity contribution in [3.8, 4) is 0 Å². The molecule has 90 valence electrons. The fourth-order valence-electron chi connectivity index (χ4n) is 2.03. The zero-order valence-electron chi connectivity index (χ0n) is 10.4. The normalized spacial score (nSPS) is 31.4. The van der Waals surface area contributed by atoms with Crippen molar-refractivity contribution in [1.82, 2.24) is 4.90 Å². The van der Waals surface area contributed by atoms with Crippen molar-refractivity contribution in [3.63, 3.8) is 0 Å². The fraction of sp³-hybridized carbons (Fsp3) is 1.00. The van der Waals surface area contributed by atoms with Crippen LogP contribution in [-0.2, 0) is 8.85 Å². The van der Waals surface area contributed by atoms with E-state index in [4.69, 9.17) is 8.85 Å². The van der Waals surface area contributed by atoms with Gasteiger partial charge in [-0.15, -0.1) is 0 Å². The summed E-state index contributed by atoms with van der Waals surface area (Å²) < 4.78 is 11.8. The minimum Gasteiger partial charge on any atom is -0.395 e. The third-order valence-electron chi connectivity index (χ3n) is 3.00. The van der Waals surface area contributed by atoms with Crippen LogP contribution in [0.1, 0.15) is 26.2 Å². The van der Waals surface area contributed by atoms with Gasteiger partial charge in [0.05, 0.1) is 0 Å². The molecule has 0 saturated carbocycles.